The lowest BCUT2D eigenvalue weighted by molar-refractivity contribution is -0.123. The maximum absolute atomic E-state index is 13.6. The number of methoxy groups -OCH3 is 1. The summed E-state index contributed by atoms with van der Waals surface area (Å²) in [5, 5.41) is 10.3. The Kier molecular flexibility index (Phi) is 11.4. The molecule has 0 aromatic heterocycles. The molecular weight excluding hydrogens is 664 g/mol. The summed E-state index contributed by atoms with van der Waals surface area (Å²) >= 11 is 7.16. The Bertz CT molecular complexity index is 1740. The Morgan fingerprint density at radius 1 is 0.933 bits per heavy atom. The summed E-state index contributed by atoms with van der Waals surface area (Å²) in [6.07, 6.45) is -0.399. The molecule has 4 rings (SSSR count). The Balaban J connectivity index is 1.54. The molecule has 5 N–H and O–H groups in total. The van der Waals surface area contributed by atoms with Crippen molar-refractivity contribution in [2.75, 3.05) is 17.6 Å². The summed E-state index contributed by atoms with van der Waals surface area (Å²) in [7, 11) is -6.95. The summed E-state index contributed by atoms with van der Waals surface area (Å²) in [5.41, 5.74) is 2.16. The van der Waals surface area contributed by atoms with Gasteiger partial charge < -0.3 is 20.7 Å². The Hall–Kier alpha value is -3.76. The molecule has 0 saturated heterocycles. The third-order valence-corrected chi connectivity index (χ3v) is 10.4. The summed E-state index contributed by atoms with van der Waals surface area (Å²) in [4.78, 5) is 25.9. The van der Waals surface area contributed by atoms with Crippen LogP contribution in [-0.4, -0.2) is 63.7 Å². The summed E-state index contributed by atoms with van der Waals surface area (Å²) < 4.78 is 64.2. The minimum atomic E-state index is -4.46. The number of benzene rings is 3. The third kappa shape index (κ3) is 10.4. The van der Waals surface area contributed by atoms with Gasteiger partial charge >= 0.3 is 16.4 Å². The predicted molar refractivity (Wildman–Crippen MR) is 173 cm³/mol. The monoisotopic (exact) mass is 694 g/mol. The Morgan fingerprint density at radius 2 is 1.58 bits per heavy atom. The Labute approximate surface area is 270 Å². The fourth-order valence-corrected chi connectivity index (χ4v) is 7.86. The van der Waals surface area contributed by atoms with Gasteiger partial charge in [0.2, 0.25) is 5.91 Å². The molecule has 240 valence electrons. The SMILES string of the molecule is COC(=O)N[C@@H](Cc1ccccc1)C(=O)N[C@@H](Cc1ccc(NS(=O)(=O)O)cc1)C1=CSC(CS(=O)(=O)c2ccc(Cl)cc2)N1. The van der Waals surface area contributed by atoms with Gasteiger partial charge in [0, 0.05) is 17.1 Å². The molecule has 3 aromatic carbocycles. The standard InChI is InChI=1S/C29H31ClN4O8S3/c1-42-29(36)33-25(16-19-5-3-2-4-6-19)28(35)32-24(15-20-7-11-22(12-8-20)34-45(39,40)41)26-17-43-27(31-26)18-44(37,38)23-13-9-21(30)10-14-23/h2-14,17,24-25,27,31,34H,15-16,18H2,1H3,(H,32,35)(H,33,36)(H,39,40,41)/t24-,25-,27?/m0/s1. The van der Waals surface area contributed by atoms with Crippen LogP contribution in [0.15, 0.2) is 94.9 Å². The normalized spacial score (nSPS) is 16.1. The smallest absolute Gasteiger partial charge is 0.407 e. The van der Waals surface area contributed by atoms with E-state index in [2.05, 4.69) is 16.0 Å². The molecule has 0 saturated carbocycles. The number of amides is 2. The molecule has 0 radical (unpaired) electrons. The molecule has 0 aliphatic carbocycles. The second-order valence-electron chi connectivity index (χ2n) is 10.00. The van der Waals surface area contributed by atoms with Gasteiger partial charge in [-0.05, 0) is 59.4 Å². The first-order valence-electron chi connectivity index (χ1n) is 13.4. The molecule has 1 aliphatic heterocycles. The van der Waals surface area contributed by atoms with Gasteiger partial charge in [-0.1, -0.05) is 54.1 Å². The molecule has 0 fully saturated rings. The van der Waals surface area contributed by atoms with E-state index < -0.39 is 49.6 Å². The summed E-state index contributed by atoms with van der Waals surface area (Å²) in [6, 6.07) is 19.4. The van der Waals surface area contributed by atoms with Gasteiger partial charge in [0.25, 0.3) is 0 Å². The average Bonchev–Trinajstić information content (AvgIpc) is 3.45. The van der Waals surface area contributed by atoms with E-state index in [9.17, 15) is 26.4 Å². The quantitative estimate of drug-likeness (QED) is 0.166. The number of nitrogens with one attached hydrogen (secondary N) is 4. The second-order valence-corrected chi connectivity index (χ2v) is 14.7. The van der Waals surface area contributed by atoms with Crippen molar-refractivity contribution >= 4 is 61.2 Å². The van der Waals surface area contributed by atoms with Gasteiger partial charge in [0.15, 0.2) is 9.84 Å². The number of carbonyl (C=O) groups is 2. The third-order valence-electron chi connectivity index (χ3n) is 6.64. The highest BCUT2D eigenvalue weighted by molar-refractivity contribution is 8.04. The molecule has 3 aromatic rings. The lowest BCUT2D eigenvalue weighted by Crippen LogP contribution is -2.52. The van der Waals surface area contributed by atoms with E-state index >= 15 is 0 Å². The first-order valence-corrected chi connectivity index (χ1v) is 17.9. The first kappa shape index (κ1) is 34.1. The van der Waals surface area contributed by atoms with Crippen LogP contribution in [0.1, 0.15) is 11.1 Å². The lowest BCUT2D eigenvalue weighted by Gasteiger charge is -2.25. The van der Waals surface area contributed by atoms with E-state index in [1.807, 2.05) is 35.1 Å². The van der Waals surface area contributed by atoms with Crippen molar-refractivity contribution in [2.45, 2.75) is 35.2 Å². The topological polar surface area (TPSA) is 180 Å². The van der Waals surface area contributed by atoms with Gasteiger partial charge in [0.1, 0.15) is 6.04 Å². The minimum absolute atomic E-state index is 0.129. The number of hydrogen-bond acceptors (Lipinski definition) is 9. The van der Waals surface area contributed by atoms with Crippen LogP contribution in [0, 0.1) is 0 Å². The van der Waals surface area contributed by atoms with Crippen LogP contribution >= 0.6 is 23.4 Å². The van der Waals surface area contributed by atoms with Gasteiger partial charge in [-0.15, -0.1) is 11.8 Å². The number of ether oxygens (including phenoxy) is 1. The zero-order valence-corrected chi connectivity index (χ0v) is 27.0. The van der Waals surface area contributed by atoms with Crippen molar-refractivity contribution in [2.24, 2.45) is 0 Å². The van der Waals surface area contributed by atoms with Gasteiger partial charge in [0.05, 0.1) is 34.9 Å². The van der Waals surface area contributed by atoms with Crippen molar-refractivity contribution in [3.8, 4) is 0 Å². The first-order chi connectivity index (χ1) is 21.3. The number of sulfone groups is 1. The number of alkyl carbamates (subject to hydrolysis) is 1. The molecule has 2 amide bonds. The number of rotatable bonds is 13. The number of anilines is 1. The van der Waals surface area contributed by atoms with Gasteiger partial charge in [-0.25, -0.2) is 13.2 Å². The van der Waals surface area contributed by atoms with Crippen molar-refractivity contribution in [3.05, 3.63) is 106 Å². The molecule has 0 bridgehead atoms. The number of thioether (sulfide) groups is 1. The molecular formula is C29H31ClN4O8S3. The van der Waals surface area contributed by atoms with Crippen LogP contribution in [0.2, 0.25) is 5.02 Å². The fraction of sp³-hybridized carbons (Fsp3) is 0.241. The fourth-order valence-electron chi connectivity index (χ4n) is 4.48. The summed E-state index contributed by atoms with van der Waals surface area (Å²) in [5.74, 6) is -0.750. The van der Waals surface area contributed by atoms with E-state index in [1.54, 1.807) is 17.5 Å². The van der Waals surface area contributed by atoms with E-state index in [1.165, 1.54) is 55.3 Å². The van der Waals surface area contributed by atoms with Crippen molar-refractivity contribution < 1.29 is 35.7 Å². The summed E-state index contributed by atoms with van der Waals surface area (Å²) in [6.45, 7) is 0. The van der Waals surface area contributed by atoms with Crippen molar-refractivity contribution in [1.82, 2.24) is 16.0 Å². The second kappa shape index (κ2) is 15.0. The molecule has 1 heterocycles. The van der Waals surface area contributed by atoms with Crippen LogP contribution in [0.4, 0.5) is 10.5 Å². The number of halogens is 1. The maximum atomic E-state index is 13.6. The number of hydrogen-bond donors (Lipinski definition) is 5. The van der Waals surface area contributed by atoms with E-state index in [0.29, 0.717) is 16.3 Å². The lowest BCUT2D eigenvalue weighted by atomic mass is 10.0. The Morgan fingerprint density at radius 3 is 2.20 bits per heavy atom. The molecule has 1 aliphatic rings. The molecule has 45 heavy (non-hydrogen) atoms. The van der Waals surface area contributed by atoms with Crippen LogP contribution in [0.5, 0.6) is 0 Å². The van der Waals surface area contributed by atoms with Crippen LogP contribution in [-0.2, 0) is 42.5 Å². The van der Waals surface area contributed by atoms with Crippen molar-refractivity contribution in [3.63, 3.8) is 0 Å². The predicted octanol–water partition coefficient (Wildman–Crippen LogP) is 3.53. The highest BCUT2D eigenvalue weighted by atomic mass is 35.5. The highest BCUT2D eigenvalue weighted by Crippen LogP contribution is 2.28. The molecule has 12 nitrogen and oxygen atoms in total. The highest BCUT2D eigenvalue weighted by Gasteiger charge is 2.31. The average molecular weight is 695 g/mol. The molecule has 16 heteroatoms. The van der Waals surface area contributed by atoms with Crippen LogP contribution in [0.25, 0.3) is 0 Å². The van der Waals surface area contributed by atoms with Crippen molar-refractivity contribution in [1.29, 1.82) is 0 Å². The molecule has 0 spiro atoms. The molecule has 1 unspecified atom stereocenters. The zero-order valence-electron chi connectivity index (χ0n) is 23.8. The van der Waals surface area contributed by atoms with Gasteiger partial charge in [-0.2, -0.15) is 8.42 Å². The van der Waals surface area contributed by atoms with E-state index in [0.717, 1.165) is 5.56 Å². The molecule has 3 atom stereocenters. The van der Waals surface area contributed by atoms with E-state index in [-0.39, 0.29) is 29.2 Å². The zero-order chi connectivity index (χ0) is 32.6. The van der Waals surface area contributed by atoms with Crippen LogP contribution in [0.3, 0.4) is 0 Å². The van der Waals surface area contributed by atoms with Crippen LogP contribution < -0.4 is 20.7 Å². The maximum Gasteiger partial charge on any atom is 0.407 e. The minimum Gasteiger partial charge on any atom is -0.453 e. The van der Waals surface area contributed by atoms with Gasteiger partial charge in [-0.3, -0.25) is 14.1 Å². The number of carbonyl (C=O) groups excluding carboxylic acids is 2. The largest absolute Gasteiger partial charge is 0.453 e. The van der Waals surface area contributed by atoms with E-state index in [4.69, 9.17) is 20.9 Å².